The van der Waals surface area contributed by atoms with Gasteiger partial charge in [0.1, 0.15) is 13.2 Å². The Kier molecular flexibility index (Phi) is 59.2. The molecule has 0 saturated carbocycles. The van der Waals surface area contributed by atoms with Gasteiger partial charge >= 0.3 is 17.9 Å². The summed E-state index contributed by atoms with van der Waals surface area (Å²) in [5, 5.41) is 0. The van der Waals surface area contributed by atoms with Crippen LogP contribution in [0.2, 0.25) is 0 Å². The smallest absolute Gasteiger partial charge is 0.306 e. The number of carbonyl (C=O) groups is 3. The summed E-state index contributed by atoms with van der Waals surface area (Å²) in [6.45, 7) is 6.54. The van der Waals surface area contributed by atoms with E-state index in [1.165, 1.54) is 186 Å². The van der Waals surface area contributed by atoms with Gasteiger partial charge in [0.15, 0.2) is 6.10 Å². The number of esters is 3. The van der Waals surface area contributed by atoms with Crippen molar-refractivity contribution in [3.05, 3.63) is 60.8 Å². The highest BCUT2D eigenvalue weighted by Crippen LogP contribution is 2.17. The Bertz CT molecular complexity index is 1310. The summed E-state index contributed by atoms with van der Waals surface area (Å²) in [7, 11) is 0. The van der Waals surface area contributed by atoms with Gasteiger partial charge in [0.05, 0.1) is 0 Å². The molecule has 0 aliphatic heterocycles. The molecule has 0 spiro atoms. The normalized spacial score (nSPS) is 12.4. The number of carbonyl (C=O) groups excluding carboxylic acids is 3. The molecule has 0 bridgehead atoms. The van der Waals surface area contributed by atoms with E-state index in [2.05, 4.69) is 81.5 Å². The second-order valence-corrected chi connectivity index (χ2v) is 21.3. The SMILES string of the molecule is CC/C=C\C/C=C\C/C=C\CCCCCCCC(=O)O[C@H](COC(=O)CCCCCCCCCCC/C=C\C/C=C\CCCCC)COC(=O)CCCCCCCCCCCCCCCCCCCCCCC. The molecule has 73 heavy (non-hydrogen) atoms. The van der Waals surface area contributed by atoms with Gasteiger partial charge in [-0.2, -0.15) is 0 Å². The van der Waals surface area contributed by atoms with Crippen LogP contribution in [0.3, 0.4) is 0 Å². The van der Waals surface area contributed by atoms with Gasteiger partial charge in [0.2, 0.25) is 0 Å². The second kappa shape index (κ2) is 61.7. The van der Waals surface area contributed by atoms with Gasteiger partial charge in [-0.25, -0.2) is 0 Å². The summed E-state index contributed by atoms with van der Waals surface area (Å²) in [5.41, 5.74) is 0. The molecule has 6 nitrogen and oxygen atoms in total. The molecular weight excluding hydrogens is 901 g/mol. The number of rotatable bonds is 58. The van der Waals surface area contributed by atoms with Crippen LogP contribution in [0.5, 0.6) is 0 Å². The van der Waals surface area contributed by atoms with Crippen LogP contribution in [-0.2, 0) is 28.6 Å². The standard InChI is InChI=1S/C67H120O6/c1-4-7-10-13-16-19-22-25-28-30-32-33-35-37-40-42-45-48-51-54-57-60-66(69)72-63-64(73-67(70)61-58-55-52-49-46-43-38-27-24-21-18-15-12-9-6-3)62-71-65(68)59-56-53-50-47-44-41-39-36-34-31-29-26-23-20-17-14-11-8-5-2/h9,12,17-18,20-21,26-27,29,38,64H,4-8,10-11,13-16,19,22-25,28,30-37,39-63H2,1-3H3/b12-9-,20-17-,21-18-,29-26-,38-27-/t64-/m1/s1. The average Bonchev–Trinajstić information content (AvgIpc) is 3.39. The van der Waals surface area contributed by atoms with Crippen molar-refractivity contribution in [2.24, 2.45) is 0 Å². The van der Waals surface area contributed by atoms with E-state index in [0.29, 0.717) is 19.3 Å². The molecule has 0 fully saturated rings. The zero-order chi connectivity index (χ0) is 52.9. The highest BCUT2D eigenvalue weighted by molar-refractivity contribution is 5.71. The van der Waals surface area contributed by atoms with Crippen LogP contribution in [0.15, 0.2) is 60.8 Å². The number of hydrogen-bond acceptors (Lipinski definition) is 6. The lowest BCUT2D eigenvalue weighted by Gasteiger charge is -2.18. The van der Waals surface area contributed by atoms with Crippen LogP contribution in [0.4, 0.5) is 0 Å². The zero-order valence-corrected chi connectivity index (χ0v) is 48.7. The molecule has 0 saturated heterocycles. The van der Waals surface area contributed by atoms with E-state index in [-0.39, 0.29) is 31.1 Å². The van der Waals surface area contributed by atoms with Gasteiger partial charge in [-0.1, -0.05) is 287 Å². The highest BCUT2D eigenvalue weighted by Gasteiger charge is 2.19. The fraction of sp³-hybridized carbons (Fsp3) is 0.806. The Hall–Kier alpha value is -2.89. The Morgan fingerprint density at radius 1 is 0.288 bits per heavy atom. The van der Waals surface area contributed by atoms with Gasteiger partial charge in [-0.05, 0) is 83.5 Å². The quantitative estimate of drug-likeness (QED) is 0.0261. The average molecular weight is 1020 g/mol. The molecule has 1 atom stereocenters. The van der Waals surface area contributed by atoms with E-state index in [0.717, 1.165) is 103 Å². The predicted octanol–water partition coefficient (Wildman–Crippen LogP) is 21.6. The lowest BCUT2D eigenvalue weighted by atomic mass is 10.0. The largest absolute Gasteiger partial charge is 0.462 e. The Morgan fingerprint density at radius 3 is 0.863 bits per heavy atom. The Labute approximate surface area is 453 Å². The van der Waals surface area contributed by atoms with Crippen LogP contribution in [0, 0.1) is 0 Å². The lowest BCUT2D eigenvalue weighted by molar-refractivity contribution is -0.167. The van der Waals surface area contributed by atoms with Crippen LogP contribution >= 0.6 is 0 Å². The number of unbranched alkanes of at least 4 members (excludes halogenated alkanes) is 37. The molecule has 0 heterocycles. The van der Waals surface area contributed by atoms with Gasteiger partial charge < -0.3 is 14.2 Å². The topological polar surface area (TPSA) is 78.9 Å². The maximum Gasteiger partial charge on any atom is 0.306 e. The van der Waals surface area contributed by atoms with Crippen LogP contribution in [0.1, 0.15) is 329 Å². The van der Waals surface area contributed by atoms with E-state index in [1.807, 2.05) is 0 Å². The molecule has 0 amide bonds. The molecule has 0 aromatic carbocycles. The maximum absolute atomic E-state index is 12.9. The second-order valence-electron chi connectivity index (χ2n) is 21.3. The molecule has 0 aromatic heterocycles. The van der Waals surface area contributed by atoms with Gasteiger partial charge in [-0.15, -0.1) is 0 Å². The molecule has 6 heteroatoms. The number of ether oxygens (including phenoxy) is 3. The first-order valence-electron chi connectivity index (χ1n) is 31.8. The van der Waals surface area contributed by atoms with Crippen molar-refractivity contribution < 1.29 is 28.6 Å². The number of hydrogen-bond donors (Lipinski definition) is 0. The van der Waals surface area contributed by atoms with Gasteiger partial charge in [0, 0.05) is 19.3 Å². The van der Waals surface area contributed by atoms with Crippen LogP contribution in [-0.4, -0.2) is 37.2 Å². The summed E-state index contributed by atoms with van der Waals surface area (Å²) >= 11 is 0. The summed E-state index contributed by atoms with van der Waals surface area (Å²) in [6, 6.07) is 0. The summed E-state index contributed by atoms with van der Waals surface area (Å²) in [4.78, 5) is 38.3. The van der Waals surface area contributed by atoms with Crippen molar-refractivity contribution in [3.8, 4) is 0 Å². The van der Waals surface area contributed by atoms with Gasteiger partial charge in [0.25, 0.3) is 0 Å². The molecule has 0 radical (unpaired) electrons. The molecule has 0 aromatic rings. The van der Waals surface area contributed by atoms with E-state index in [1.54, 1.807) is 0 Å². The van der Waals surface area contributed by atoms with Crippen LogP contribution < -0.4 is 0 Å². The fourth-order valence-electron chi connectivity index (χ4n) is 9.25. The molecule has 0 aliphatic rings. The molecule has 0 rings (SSSR count). The first kappa shape index (κ1) is 70.1. The third-order valence-corrected chi connectivity index (χ3v) is 14.0. The van der Waals surface area contributed by atoms with Crippen molar-refractivity contribution in [2.75, 3.05) is 13.2 Å². The minimum atomic E-state index is -0.784. The monoisotopic (exact) mass is 1020 g/mol. The van der Waals surface area contributed by atoms with E-state index < -0.39 is 6.10 Å². The first-order valence-corrected chi connectivity index (χ1v) is 31.8. The van der Waals surface area contributed by atoms with Crippen molar-refractivity contribution in [2.45, 2.75) is 335 Å². The minimum absolute atomic E-state index is 0.0795. The summed E-state index contributed by atoms with van der Waals surface area (Å²) < 4.78 is 16.9. The molecule has 0 aliphatic carbocycles. The van der Waals surface area contributed by atoms with Crippen molar-refractivity contribution in [1.29, 1.82) is 0 Å². The Morgan fingerprint density at radius 2 is 0.534 bits per heavy atom. The molecule has 0 N–H and O–H groups in total. The zero-order valence-electron chi connectivity index (χ0n) is 48.7. The minimum Gasteiger partial charge on any atom is -0.462 e. The maximum atomic E-state index is 12.9. The van der Waals surface area contributed by atoms with E-state index >= 15 is 0 Å². The van der Waals surface area contributed by atoms with E-state index in [9.17, 15) is 14.4 Å². The highest BCUT2D eigenvalue weighted by atomic mass is 16.6. The van der Waals surface area contributed by atoms with Crippen LogP contribution in [0.25, 0.3) is 0 Å². The summed E-state index contributed by atoms with van der Waals surface area (Å²) in [6.07, 6.45) is 78.0. The molecular formula is C67H120O6. The summed E-state index contributed by atoms with van der Waals surface area (Å²) in [5.74, 6) is -0.883. The van der Waals surface area contributed by atoms with Crippen molar-refractivity contribution >= 4 is 17.9 Å². The lowest BCUT2D eigenvalue weighted by Crippen LogP contribution is -2.30. The molecule has 424 valence electrons. The third-order valence-electron chi connectivity index (χ3n) is 14.0. The third kappa shape index (κ3) is 59.9. The Balaban J connectivity index is 4.33. The van der Waals surface area contributed by atoms with Crippen molar-refractivity contribution in [1.82, 2.24) is 0 Å². The number of allylic oxidation sites excluding steroid dienone is 10. The predicted molar refractivity (Wildman–Crippen MR) is 316 cm³/mol. The first-order chi connectivity index (χ1) is 36.0. The molecule has 0 unspecified atom stereocenters. The fourth-order valence-corrected chi connectivity index (χ4v) is 9.25. The van der Waals surface area contributed by atoms with Crippen molar-refractivity contribution in [3.63, 3.8) is 0 Å². The van der Waals surface area contributed by atoms with E-state index in [4.69, 9.17) is 14.2 Å². The van der Waals surface area contributed by atoms with Gasteiger partial charge in [-0.3, -0.25) is 14.4 Å².